The van der Waals surface area contributed by atoms with Crippen LogP contribution < -0.4 is 5.32 Å². The van der Waals surface area contributed by atoms with Crippen molar-refractivity contribution in [2.24, 2.45) is 0 Å². The highest BCUT2D eigenvalue weighted by atomic mass is 79.9. The van der Waals surface area contributed by atoms with E-state index in [2.05, 4.69) is 31.2 Å². The summed E-state index contributed by atoms with van der Waals surface area (Å²) in [6, 6.07) is 12.5. The zero-order valence-corrected chi connectivity index (χ0v) is 11.8. The van der Waals surface area contributed by atoms with Gasteiger partial charge in [0.1, 0.15) is 0 Å². The molecule has 1 aromatic heterocycles. The van der Waals surface area contributed by atoms with Crippen molar-refractivity contribution in [3.05, 3.63) is 52.5 Å². The van der Waals surface area contributed by atoms with Gasteiger partial charge in [0.05, 0.1) is 16.6 Å². The highest BCUT2D eigenvalue weighted by Crippen LogP contribution is 2.21. The molecule has 0 bridgehead atoms. The molecule has 0 fully saturated rings. The van der Waals surface area contributed by atoms with Gasteiger partial charge >= 0.3 is 5.97 Å². The molecule has 0 amide bonds. The molecule has 20 heavy (non-hydrogen) atoms. The maximum absolute atomic E-state index is 10.9. The fraction of sp³-hybridized carbons (Fsp3) is 0. The molecule has 0 aliphatic heterocycles. The van der Waals surface area contributed by atoms with Crippen LogP contribution in [-0.4, -0.2) is 21.0 Å². The molecular formula is C14H10BrN3O2. The van der Waals surface area contributed by atoms with Gasteiger partial charge in [-0.15, -0.1) is 0 Å². The summed E-state index contributed by atoms with van der Waals surface area (Å²) < 4.78 is 0.965. The van der Waals surface area contributed by atoms with Crippen LogP contribution in [0, 0.1) is 0 Å². The number of aromatic nitrogens is 2. The average molecular weight is 332 g/mol. The van der Waals surface area contributed by atoms with E-state index in [4.69, 9.17) is 5.11 Å². The third-order valence-corrected chi connectivity index (χ3v) is 3.31. The topological polar surface area (TPSA) is 78.0 Å². The number of aromatic carboxylic acids is 1. The van der Waals surface area contributed by atoms with E-state index in [0.717, 1.165) is 10.2 Å². The third-order valence-electron chi connectivity index (χ3n) is 2.82. The third kappa shape index (κ3) is 2.50. The lowest BCUT2D eigenvalue weighted by atomic mass is 10.2. The minimum absolute atomic E-state index is 0.232. The molecule has 3 N–H and O–H groups in total. The Morgan fingerprint density at radius 3 is 2.85 bits per heavy atom. The normalized spacial score (nSPS) is 10.7. The number of hydrogen-bond acceptors (Lipinski definition) is 3. The van der Waals surface area contributed by atoms with E-state index in [0.29, 0.717) is 17.0 Å². The van der Waals surface area contributed by atoms with Crippen molar-refractivity contribution < 1.29 is 9.90 Å². The van der Waals surface area contributed by atoms with Gasteiger partial charge < -0.3 is 15.4 Å². The van der Waals surface area contributed by atoms with Crippen LogP contribution >= 0.6 is 15.9 Å². The number of rotatable bonds is 3. The number of nitrogens with one attached hydrogen (secondary N) is 2. The number of halogens is 1. The molecule has 6 heteroatoms. The Bertz CT molecular complexity index is 798. The Morgan fingerprint density at radius 2 is 2.10 bits per heavy atom. The Hall–Kier alpha value is -2.34. The summed E-state index contributed by atoms with van der Waals surface area (Å²) in [5, 5.41) is 12.1. The van der Waals surface area contributed by atoms with Crippen molar-refractivity contribution in [3.63, 3.8) is 0 Å². The average Bonchev–Trinajstić information content (AvgIpc) is 2.79. The summed E-state index contributed by atoms with van der Waals surface area (Å²) in [5.74, 6) is -0.386. The van der Waals surface area contributed by atoms with Crippen LogP contribution in [0.1, 0.15) is 10.4 Å². The first-order chi connectivity index (χ1) is 9.61. The van der Waals surface area contributed by atoms with Gasteiger partial charge in [0.2, 0.25) is 5.95 Å². The van der Waals surface area contributed by atoms with Crippen molar-refractivity contribution in [1.82, 2.24) is 9.97 Å². The van der Waals surface area contributed by atoms with Gasteiger partial charge in [0, 0.05) is 10.2 Å². The summed E-state index contributed by atoms with van der Waals surface area (Å²) >= 11 is 3.40. The molecule has 3 rings (SSSR count). The lowest BCUT2D eigenvalue weighted by molar-refractivity contribution is 0.0697. The molecule has 0 aliphatic carbocycles. The minimum Gasteiger partial charge on any atom is -0.478 e. The highest BCUT2D eigenvalue weighted by molar-refractivity contribution is 9.10. The quantitative estimate of drug-likeness (QED) is 0.682. The number of H-pyrrole nitrogens is 1. The Kier molecular flexibility index (Phi) is 3.15. The lowest BCUT2D eigenvalue weighted by Gasteiger charge is -2.02. The summed E-state index contributed by atoms with van der Waals surface area (Å²) in [4.78, 5) is 18.3. The molecule has 3 aromatic rings. The maximum Gasteiger partial charge on any atom is 0.335 e. The van der Waals surface area contributed by atoms with E-state index in [9.17, 15) is 4.79 Å². The number of carbonyl (C=O) groups is 1. The van der Waals surface area contributed by atoms with Crippen molar-refractivity contribution in [1.29, 1.82) is 0 Å². The van der Waals surface area contributed by atoms with Crippen molar-refractivity contribution >= 4 is 44.6 Å². The van der Waals surface area contributed by atoms with Gasteiger partial charge in [0.25, 0.3) is 0 Å². The van der Waals surface area contributed by atoms with Gasteiger partial charge in [-0.2, -0.15) is 0 Å². The van der Waals surface area contributed by atoms with E-state index >= 15 is 0 Å². The maximum atomic E-state index is 10.9. The molecular weight excluding hydrogens is 322 g/mol. The number of aromatic amines is 1. The first-order valence-corrected chi connectivity index (χ1v) is 6.67. The lowest BCUT2D eigenvalue weighted by Crippen LogP contribution is -1.94. The van der Waals surface area contributed by atoms with E-state index in [1.165, 1.54) is 6.07 Å². The molecule has 2 aromatic carbocycles. The standard InChI is InChI=1S/C14H10BrN3O2/c15-9-2-1-3-10(7-9)16-14-17-11-5-4-8(13(19)20)6-12(11)18-14/h1-7H,(H,19,20)(H2,16,17,18). The smallest absolute Gasteiger partial charge is 0.335 e. The fourth-order valence-corrected chi connectivity index (χ4v) is 2.30. The van der Waals surface area contributed by atoms with Crippen molar-refractivity contribution in [2.75, 3.05) is 5.32 Å². The zero-order chi connectivity index (χ0) is 14.1. The number of nitrogens with zero attached hydrogens (tertiary/aromatic N) is 1. The molecule has 0 saturated heterocycles. The van der Waals surface area contributed by atoms with Gasteiger partial charge in [0.15, 0.2) is 0 Å². The second kappa shape index (κ2) is 4.97. The predicted molar refractivity (Wildman–Crippen MR) is 80.5 cm³/mol. The summed E-state index contributed by atoms with van der Waals surface area (Å²) in [6.45, 7) is 0. The summed E-state index contributed by atoms with van der Waals surface area (Å²) in [6.07, 6.45) is 0. The minimum atomic E-state index is -0.956. The van der Waals surface area contributed by atoms with Gasteiger partial charge in [-0.1, -0.05) is 22.0 Å². The fourth-order valence-electron chi connectivity index (χ4n) is 1.90. The van der Waals surface area contributed by atoms with Gasteiger partial charge in [-0.25, -0.2) is 9.78 Å². The SMILES string of the molecule is O=C(O)c1ccc2nc(Nc3cccc(Br)c3)[nH]c2c1. The van der Waals surface area contributed by atoms with E-state index < -0.39 is 5.97 Å². The van der Waals surface area contributed by atoms with Crippen molar-refractivity contribution in [2.45, 2.75) is 0 Å². The molecule has 0 spiro atoms. The number of benzene rings is 2. The van der Waals surface area contributed by atoms with Crippen LogP contribution in [0.25, 0.3) is 11.0 Å². The van der Waals surface area contributed by atoms with Crippen LogP contribution in [0.4, 0.5) is 11.6 Å². The van der Waals surface area contributed by atoms with Gasteiger partial charge in [-0.3, -0.25) is 0 Å². The predicted octanol–water partition coefficient (Wildman–Crippen LogP) is 3.77. The molecule has 100 valence electrons. The summed E-state index contributed by atoms with van der Waals surface area (Å²) in [7, 11) is 0. The van der Waals surface area contributed by atoms with Crippen molar-refractivity contribution in [3.8, 4) is 0 Å². The molecule has 0 radical (unpaired) electrons. The zero-order valence-electron chi connectivity index (χ0n) is 10.2. The number of hydrogen-bond donors (Lipinski definition) is 3. The number of imidazole rings is 1. The van der Waals surface area contributed by atoms with Crippen LogP contribution in [0.5, 0.6) is 0 Å². The second-order valence-electron chi connectivity index (χ2n) is 4.26. The van der Waals surface area contributed by atoms with Gasteiger partial charge in [-0.05, 0) is 36.4 Å². The Balaban J connectivity index is 1.95. The molecule has 5 nitrogen and oxygen atoms in total. The molecule has 0 atom stereocenters. The van der Waals surface area contributed by atoms with E-state index in [1.54, 1.807) is 12.1 Å². The molecule has 0 saturated carbocycles. The first-order valence-electron chi connectivity index (χ1n) is 5.87. The van der Waals surface area contributed by atoms with E-state index in [-0.39, 0.29) is 5.56 Å². The second-order valence-corrected chi connectivity index (χ2v) is 5.17. The largest absolute Gasteiger partial charge is 0.478 e. The highest BCUT2D eigenvalue weighted by Gasteiger charge is 2.07. The molecule has 0 unspecified atom stereocenters. The van der Waals surface area contributed by atoms with Crippen LogP contribution in [-0.2, 0) is 0 Å². The molecule has 0 aliphatic rings. The van der Waals surface area contributed by atoms with E-state index in [1.807, 2.05) is 24.3 Å². The number of carboxylic acids is 1. The number of anilines is 2. The van der Waals surface area contributed by atoms with Crippen LogP contribution in [0.2, 0.25) is 0 Å². The Labute approximate surface area is 122 Å². The monoisotopic (exact) mass is 331 g/mol. The molecule has 1 heterocycles. The van der Waals surface area contributed by atoms with Crippen LogP contribution in [0.15, 0.2) is 46.9 Å². The summed E-state index contributed by atoms with van der Waals surface area (Å²) in [5.41, 5.74) is 2.52. The first kappa shape index (κ1) is 12.7. The van der Waals surface area contributed by atoms with Crippen LogP contribution in [0.3, 0.4) is 0 Å². The number of fused-ring (bicyclic) bond motifs is 1. The Morgan fingerprint density at radius 1 is 1.25 bits per heavy atom. The number of carboxylic acid groups (broad SMARTS) is 1.